The SMILES string of the molecule is CC(C)CS(=O)(=O)N1CCC(=O)CC1. The minimum atomic E-state index is -3.12. The van der Waals surface area contributed by atoms with Crippen molar-refractivity contribution in [3.8, 4) is 0 Å². The number of nitrogens with zero attached hydrogens (tertiary/aromatic N) is 1. The van der Waals surface area contributed by atoms with Crippen LogP contribution in [-0.4, -0.2) is 37.3 Å². The number of hydrogen-bond acceptors (Lipinski definition) is 3. The molecular weight excluding hydrogens is 202 g/mol. The van der Waals surface area contributed by atoms with Gasteiger partial charge in [-0.1, -0.05) is 13.8 Å². The van der Waals surface area contributed by atoms with Crippen molar-refractivity contribution in [2.75, 3.05) is 18.8 Å². The zero-order valence-corrected chi connectivity index (χ0v) is 9.51. The van der Waals surface area contributed by atoms with Gasteiger partial charge >= 0.3 is 0 Å². The lowest BCUT2D eigenvalue weighted by atomic mass is 10.1. The molecule has 5 heteroatoms. The molecule has 0 atom stereocenters. The lowest BCUT2D eigenvalue weighted by Crippen LogP contribution is -2.40. The van der Waals surface area contributed by atoms with E-state index in [9.17, 15) is 13.2 Å². The number of ketones is 1. The van der Waals surface area contributed by atoms with Gasteiger partial charge in [0.25, 0.3) is 0 Å². The first-order valence-electron chi connectivity index (χ1n) is 4.91. The first-order chi connectivity index (χ1) is 6.42. The maximum absolute atomic E-state index is 11.7. The zero-order chi connectivity index (χ0) is 10.8. The van der Waals surface area contributed by atoms with Crippen molar-refractivity contribution >= 4 is 15.8 Å². The van der Waals surface area contributed by atoms with E-state index in [1.165, 1.54) is 4.31 Å². The van der Waals surface area contributed by atoms with Crippen LogP contribution in [0.25, 0.3) is 0 Å². The van der Waals surface area contributed by atoms with Crippen molar-refractivity contribution in [3.63, 3.8) is 0 Å². The Kier molecular flexibility index (Phi) is 3.66. The van der Waals surface area contributed by atoms with Gasteiger partial charge in [0, 0.05) is 25.9 Å². The van der Waals surface area contributed by atoms with E-state index < -0.39 is 10.0 Å². The molecule has 1 saturated heterocycles. The van der Waals surface area contributed by atoms with Gasteiger partial charge in [-0.25, -0.2) is 12.7 Å². The van der Waals surface area contributed by atoms with Crippen LogP contribution in [0, 0.1) is 5.92 Å². The average molecular weight is 219 g/mol. The van der Waals surface area contributed by atoms with Crippen LogP contribution in [0.4, 0.5) is 0 Å². The molecule has 0 N–H and O–H groups in total. The van der Waals surface area contributed by atoms with Crippen LogP contribution in [0.2, 0.25) is 0 Å². The number of carbonyl (C=O) groups excluding carboxylic acids is 1. The van der Waals surface area contributed by atoms with Gasteiger partial charge in [-0.15, -0.1) is 0 Å². The minimum absolute atomic E-state index is 0.137. The summed E-state index contributed by atoms with van der Waals surface area (Å²) in [5, 5.41) is 0. The zero-order valence-electron chi connectivity index (χ0n) is 8.69. The summed E-state index contributed by atoms with van der Waals surface area (Å²) in [7, 11) is -3.12. The van der Waals surface area contributed by atoms with Crippen molar-refractivity contribution in [3.05, 3.63) is 0 Å². The van der Waals surface area contributed by atoms with Crippen LogP contribution < -0.4 is 0 Å². The molecule has 0 aromatic carbocycles. The molecule has 0 spiro atoms. The van der Waals surface area contributed by atoms with Crippen molar-refractivity contribution in [1.29, 1.82) is 0 Å². The van der Waals surface area contributed by atoms with Crippen molar-refractivity contribution in [1.82, 2.24) is 4.31 Å². The molecule has 0 bridgehead atoms. The van der Waals surface area contributed by atoms with Crippen molar-refractivity contribution in [2.24, 2.45) is 5.92 Å². The second-order valence-electron chi connectivity index (χ2n) is 4.11. The smallest absolute Gasteiger partial charge is 0.214 e. The van der Waals surface area contributed by atoms with Gasteiger partial charge in [0.15, 0.2) is 0 Å². The Labute approximate surface area is 85.3 Å². The largest absolute Gasteiger partial charge is 0.300 e. The molecule has 4 nitrogen and oxygen atoms in total. The van der Waals surface area contributed by atoms with Gasteiger partial charge in [0.2, 0.25) is 10.0 Å². The molecule has 14 heavy (non-hydrogen) atoms. The maximum atomic E-state index is 11.7. The molecule has 0 aromatic rings. The summed E-state index contributed by atoms with van der Waals surface area (Å²) in [6, 6.07) is 0. The molecule has 0 saturated carbocycles. The van der Waals surface area contributed by atoms with Gasteiger partial charge in [0.1, 0.15) is 5.78 Å². The predicted molar refractivity (Wildman–Crippen MR) is 54.4 cm³/mol. The lowest BCUT2D eigenvalue weighted by molar-refractivity contribution is -0.120. The molecule has 1 aliphatic heterocycles. The topological polar surface area (TPSA) is 54.5 Å². The second-order valence-corrected chi connectivity index (χ2v) is 6.12. The highest BCUT2D eigenvalue weighted by Gasteiger charge is 2.27. The summed E-state index contributed by atoms with van der Waals surface area (Å²) in [4.78, 5) is 10.9. The monoisotopic (exact) mass is 219 g/mol. The normalized spacial score (nSPS) is 20.4. The van der Waals surface area contributed by atoms with Crippen molar-refractivity contribution in [2.45, 2.75) is 26.7 Å². The van der Waals surface area contributed by atoms with Gasteiger partial charge in [-0.2, -0.15) is 0 Å². The summed E-state index contributed by atoms with van der Waals surface area (Å²) in [6.07, 6.45) is 0.745. The average Bonchev–Trinajstić information content (AvgIpc) is 2.02. The van der Waals surface area contributed by atoms with Gasteiger partial charge in [-0.3, -0.25) is 4.79 Å². The Bertz CT molecular complexity index is 298. The molecule has 1 heterocycles. The number of carbonyl (C=O) groups is 1. The number of piperidine rings is 1. The van der Waals surface area contributed by atoms with E-state index in [0.29, 0.717) is 25.9 Å². The molecular formula is C9H17NO3S. The minimum Gasteiger partial charge on any atom is -0.300 e. The molecule has 0 radical (unpaired) electrons. The van der Waals surface area contributed by atoms with E-state index in [0.717, 1.165) is 0 Å². The van der Waals surface area contributed by atoms with E-state index in [1.807, 2.05) is 13.8 Å². The fraction of sp³-hybridized carbons (Fsp3) is 0.889. The Balaban J connectivity index is 2.60. The highest BCUT2D eigenvalue weighted by molar-refractivity contribution is 7.89. The molecule has 1 aliphatic rings. The molecule has 1 rings (SSSR count). The van der Waals surface area contributed by atoms with Gasteiger partial charge in [-0.05, 0) is 5.92 Å². The van der Waals surface area contributed by atoms with Crippen LogP contribution >= 0.6 is 0 Å². The fourth-order valence-corrected chi connectivity index (χ4v) is 3.33. The molecule has 0 aromatic heterocycles. The Morgan fingerprint density at radius 2 is 1.79 bits per heavy atom. The maximum Gasteiger partial charge on any atom is 0.214 e. The van der Waals surface area contributed by atoms with Gasteiger partial charge < -0.3 is 0 Å². The highest BCUT2D eigenvalue weighted by atomic mass is 32.2. The van der Waals surface area contributed by atoms with Crippen LogP contribution in [0.15, 0.2) is 0 Å². The summed E-state index contributed by atoms with van der Waals surface area (Å²) >= 11 is 0. The molecule has 1 fully saturated rings. The molecule has 0 amide bonds. The fourth-order valence-electron chi connectivity index (χ4n) is 1.54. The molecule has 0 unspecified atom stereocenters. The summed E-state index contributed by atoms with van der Waals surface area (Å²) < 4.78 is 24.9. The van der Waals surface area contributed by atoms with Crippen molar-refractivity contribution < 1.29 is 13.2 Å². The summed E-state index contributed by atoms with van der Waals surface area (Å²) in [5.41, 5.74) is 0. The second kappa shape index (κ2) is 4.40. The Morgan fingerprint density at radius 3 is 2.21 bits per heavy atom. The number of Topliss-reactive ketones (excluding diaryl/α,β-unsaturated/α-hetero) is 1. The van der Waals surface area contributed by atoms with E-state index in [4.69, 9.17) is 0 Å². The summed E-state index contributed by atoms with van der Waals surface area (Å²) in [5.74, 6) is 0.486. The molecule has 0 aliphatic carbocycles. The third-order valence-corrected chi connectivity index (χ3v) is 4.46. The van der Waals surface area contributed by atoms with E-state index in [2.05, 4.69) is 0 Å². The number of rotatable bonds is 3. The number of sulfonamides is 1. The van der Waals surface area contributed by atoms with Gasteiger partial charge in [0.05, 0.1) is 5.75 Å². The van der Waals surface area contributed by atoms with E-state index >= 15 is 0 Å². The highest BCUT2D eigenvalue weighted by Crippen LogP contribution is 2.13. The van der Waals surface area contributed by atoms with Crippen LogP contribution in [-0.2, 0) is 14.8 Å². The third kappa shape index (κ3) is 3.06. The van der Waals surface area contributed by atoms with Crippen LogP contribution in [0.3, 0.4) is 0 Å². The predicted octanol–water partition coefficient (Wildman–Crippen LogP) is 0.637. The summed E-state index contributed by atoms with van der Waals surface area (Å²) in [6.45, 7) is 4.50. The first kappa shape index (κ1) is 11.7. The van der Waals surface area contributed by atoms with E-state index in [-0.39, 0.29) is 17.5 Å². The standard InChI is InChI=1S/C9H17NO3S/c1-8(2)7-14(12,13)10-5-3-9(11)4-6-10/h8H,3-7H2,1-2H3. The number of hydrogen-bond donors (Lipinski definition) is 0. The quantitative estimate of drug-likeness (QED) is 0.700. The lowest BCUT2D eigenvalue weighted by Gasteiger charge is -2.25. The Morgan fingerprint density at radius 1 is 1.29 bits per heavy atom. The third-order valence-electron chi connectivity index (χ3n) is 2.22. The van der Waals surface area contributed by atoms with Crippen LogP contribution in [0.1, 0.15) is 26.7 Å². The van der Waals surface area contributed by atoms with E-state index in [1.54, 1.807) is 0 Å². The first-order valence-corrected chi connectivity index (χ1v) is 6.52. The Hall–Kier alpha value is -0.420. The molecule has 82 valence electrons. The van der Waals surface area contributed by atoms with Crippen LogP contribution in [0.5, 0.6) is 0 Å².